The number of hydrogen-bond donors (Lipinski definition) is 3. The molecule has 0 fully saturated rings. The third-order valence-electron chi connectivity index (χ3n) is 3.08. The van der Waals surface area contributed by atoms with Gasteiger partial charge in [0.1, 0.15) is 0 Å². The molecule has 6 heteroatoms. The fraction of sp³-hybridized carbons (Fsp3) is 0.294. The molecule has 0 unspecified atom stereocenters. The Morgan fingerprint density at radius 2 is 1.91 bits per heavy atom. The summed E-state index contributed by atoms with van der Waals surface area (Å²) >= 11 is 1.67. The molecule has 3 N–H and O–H groups in total. The van der Waals surface area contributed by atoms with E-state index in [9.17, 15) is 9.59 Å². The zero-order valence-electron chi connectivity index (χ0n) is 13.3. The minimum absolute atomic E-state index is 0.0294. The lowest BCUT2D eigenvalue weighted by atomic mass is 10.1. The minimum atomic E-state index is -0.321. The van der Waals surface area contributed by atoms with Crippen molar-refractivity contribution in [1.82, 2.24) is 10.6 Å². The fourth-order valence-electron chi connectivity index (χ4n) is 2.06. The van der Waals surface area contributed by atoms with E-state index in [1.54, 1.807) is 35.6 Å². The Morgan fingerprint density at radius 3 is 2.61 bits per heavy atom. The summed E-state index contributed by atoms with van der Waals surface area (Å²) in [4.78, 5) is 25.4. The second kappa shape index (κ2) is 8.33. The van der Waals surface area contributed by atoms with Crippen LogP contribution in [-0.2, 0) is 6.42 Å². The van der Waals surface area contributed by atoms with Crippen molar-refractivity contribution in [3.63, 3.8) is 0 Å². The van der Waals surface area contributed by atoms with Crippen LogP contribution >= 0.6 is 11.3 Å². The minimum Gasteiger partial charge on any atom is -0.352 e. The van der Waals surface area contributed by atoms with E-state index in [0.29, 0.717) is 17.8 Å². The number of benzene rings is 1. The molecular weight excluding hydrogens is 310 g/mol. The van der Waals surface area contributed by atoms with Crippen LogP contribution < -0.4 is 16.0 Å². The first-order valence-corrected chi connectivity index (χ1v) is 8.41. The molecule has 2 aromatic rings. The Bertz CT molecular complexity index is 654. The largest absolute Gasteiger partial charge is 0.352 e. The van der Waals surface area contributed by atoms with Crippen LogP contribution in [0.25, 0.3) is 0 Å². The summed E-state index contributed by atoms with van der Waals surface area (Å²) in [5.74, 6) is -0.193. The average molecular weight is 331 g/mol. The Kier molecular flexibility index (Phi) is 6.17. The Morgan fingerprint density at radius 1 is 1.13 bits per heavy atom. The molecule has 0 saturated heterocycles. The summed E-state index contributed by atoms with van der Waals surface area (Å²) < 4.78 is 0. The van der Waals surface area contributed by atoms with E-state index in [-0.39, 0.29) is 18.0 Å². The van der Waals surface area contributed by atoms with Gasteiger partial charge in [-0.25, -0.2) is 4.79 Å². The molecule has 0 atom stereocenters. The van der Waals surface area contributed by atoms with Crippen molar-refractivity contribution in [1.29, 1.82) is 0 Å². The molecule has 0 aliphatic heterocycles. The van der Waals surface area contributed by atoms with Gasteiger partial charge >= 0.3 is 6.03 Å². The summed E-state index contributed by atoms with van der Waals surface area (Å²) in [6.07, 6.45) is 0.798. The van der Waals surface area contributed by atoms with Crippen molar-refractivity contribution in [2.75, 3.05) is 11.9 Å². The maximum atomic E-state index is 12.3. The van der Waals surface area contributed by atoms with E-state index in [2.05, 4.69) is 16.0 Å². The number of nitrogens with one attached hydrogen (secondary N) is 3. The summed E-state index contributed by atoms with van der Waals surface area (Å²) in [6, 6.07) is 10.7. The lowest BCUT2D eigenvalue weighted by Crippen LogP contribution is -2.35. The number of amides is 3. The molecule has 2 rings (SSSR count). The smallest absolute Gasteiger partial charge is 0.319 e. The van der Waals surface area contributed by atoms with E-state index in [1.165, 1.54) is 4.88 Å². The number of carbonyl (C=O) groups excluding carboxylic acids is 2. The van der Waals surface area contributed by atoms with Crippen LogP contribution in [0.1, 0.15) is 29.1 Å². The van der Waals surface area contributed by atoms with Crippen LogP contribution in [0.2, 0.25) is 0 Å². The molecule has 1 heterocycles. The van der Waals surface area contributed by atoms with Gasteiger partial charge in [0.15, 0.2) is 0 Å². The van der Waals surface area contributed by atoms with E-state index < -0.39 is 0 Å². The first-order valence-electron chi connectivity index (χ1n) is 7.53. The zero-order valence-corrected chi connectivity index (χ0v) is 14.1. The van der Waals surface area contributed by atoms with Gasteiger partial charge in [-0.3, -0.25) is 4.79 Å². The highest BCUT2D eigenvalue weighted by molar-refractivity contribution is 7.09. The molecule has 1 aromatic carbocycles. The highest BCUT2D eigenvalue weighted by atomic mass is 32.1. The molecule has 122 valence electrons. The van der Waals surface area contributed by atoms with Gasteiger partial charge in [0.25, 0.3) is 5.91 Å². The number of para-hydroxylation sites is 1. The third kappa shape index (κ3) is 5.41. The van der Waals surface area contributed by atoms with Crippen molar-refractivity contribution in [2.45, 2.75) is 26.3 Å². The van der Waals surface area contributed by atoms with Crippen molar-refractivity contribution < 1.29 is 9.59 Å². The van der Waals surface area contributed by atoms with Crippen LogP contribution in [0.3, 0.4) is 0 Å². The van der Waals surface area contributed by atoms with Crippen LogP contribution in [0.4, 0.5) is 10.5 Å². The molecule has 0 radical (unpaired) electrons. The summed E-state index contributed by atoms with van der Waals surface area (Å²) in [7, 11) is 0. The molecule has 1 aromatic heterocycles. The fourth-order valence-corrected chi connectivity index (χ4v) is 2.77. The normalized spacial score (nSPS) is 10.4. The van der Waals surface area contributed by atoms with Crippen LogP contribution in [0.5, 0.6) is 0 Å². The Hall–Kier alpha value is -2.34. The topological polar surface area (TPSA) is 70.2 Å². The third-order valence-corrected chi connectivity index (χ3v) is 4.01. The van der Waals surface area contributed by atoms with E-state index in [0.717, 1.165) is 6.42 Å². The number of urea groups is 1. The SMILES string of the molecule is CC(C)NC(=O)Nc1ccccc1C(=O)NCCc1cccs1. The molecule has 23 heavy (non-hydrogen) atoms. The molecule has 0 bridgehead atoms. The second-order valence-corrected chi connectivity index (χ2v) is 6.42. The Balaban J connectivity index is 1.95. The standard InChI is InChI=1S/C17H21N3O2S/c1-12(2)19-17(22)20-15-8-4-3-7-14(15)16(21)18-10-9-13-6-5-11-23-13/h3-8,11-12H,9-10H2,1-2H3,(H,18,21)(H2,19,20,22). The quantitative estimate of drug-likeness (QED) is 0.760. The Labute approximate surface area is 140 Å². The average Bonchev–Trinajstić information content (AvgIpc) is 3.00. The number of thiophene rings is 1. The summed E-state index contributed by atoms with van der Waals surface area (Å²) in [5, 5.41) is 10.4. The monoisotopic (exact) mass is 331 g/mol. The lowest BCUT2D eigenvalue weighted by molar-refractivity contribution is 0.0955. The van der Waals surface area contributed by atoms with Gasteiger partial charge in [-0.1, -0.05) is 18.2 Å². The van der Waals surface area contributed by atoms with Crippen molar-refractivity contribution in [2.24, 2.45) is 0 Å². The van der Waals surface area contributed by atoms with Crippen molar-refractivity contribution in [3.05, 3.63) is 52.2 Å². The maximum absolute atomic E-state index is 12.3. The highest BCUT2D eigenvalue weighted by Gasteiger charge is 2.13. The van der Waals surface area contributed by atoms with Crippen molar-refractivity contribution in [3.8, 4) is 0 Å². The predicted octanol–water partition coefficient (Wildman–Crippen LogP) is 3.25. The zero-order chi connectivity index (χ0) is 16.7. The van der Waals surface area contributed by atoms with Gasteiger partial charge in [-0.15, -0.1) is 11.3 Å². The molecule has 0 spiro atoms. The molecule has 0 saturated carbocycles. The van der Waals surface area contributed by atoms with Crippen molar-refractivity contribution >= 4 is 29.0 Å². The van der Waals surface area contributed by atoms with E-state index >= 15 is 0 Å². The molecule has 0 aliphatic carbocycles. The summed E-state index contributed by atoms with van der Waals surface area (Å²) in [6.45, 7) is 4.32. The molecule has 3 amide bonds. The molecule has 5 nitrogen and oxygen atoms in total. The number of anilines is 1. The van der Waals surface area contributed by atoms with Gasteiger partial charge in [0.05, 0.1) is 11.3 Å². The number of hydrogen-bond acceptors (Lipinski definition) is 3. The molecule has 0 aliphatic rings. The first kappa shape index (κ1) is 17.0. The predicted molar refractivity (Wildman–Crippen MR) is 94.1 cm³/mol. The lowest BCUT2D eigenvalue weighted by Gasteiger charge is -2.13. The van der Waals surface area contributed by atoms with E-state index in [1.807, 2.05) is 31.4 Å². The highest BCUT2D eigenvalue weighted by Crippen LogP contribution is 2.15. The molecular formula is C17H21N3O2S. The van der Waals surface area contributed by atoms with Gasteiger partial charge < -0.3 is 16.0 Å². The van der Waals surface area contributed by atoms with Gasteiger partial charge in [-0.2, -0.15) is 0 Å². The maximum Gasteiger partial charge on any atom is 0.319 e. The van der Waals surface area contributed by atoms with Crippen LogP contribution in [0.15, 0.2) is 41.8 Å². The van der Waals surface area contributed by atoms with Gasteiger partial charge in [0.2, 0.25) is 0 Å². The van der Waals surface area contributed by atoms with Gasteiger partial charge in [-0.05, 0) is 43.8 Å². The first-order chi connectivity index (χ1) is 11.1. The second-order valence-electron chi connectivity index (χ2n) is 5.38. The summed E-state index contributed by atoms with van der Waals surface area (Å²) in [5.41, 5.74) is 0.955. The van der Waals surface area contributed by atoms with Gasteiger partial charge in [0, 0.05) is 17.5 Å². The number of carbonyl (C=O) groups is 2. The van der Waals surface area contributed by atoms with Crippen LogP contribution in [0, 0.1) is 0 Å². The van der Waals surface area contributed by atoms with Crippen LogP contribution in [-0.4, -0.2) is 24.5 Å². The van der Waals surface area contributed by atoms with E-state index in [4.69, 9.17) is 0 Å². The number of rotatable bonds is 6.